The third-order valence-electron chi connectivity index (χ3n) is 3.00. The smallest absolute Gasteiger partial charge is 0.227 e. The molecular weight excluding hydrogens is 295 g/mol. The summed E-state index contributed by atoms with van der Waals surface area (Å²) in [5.74, 6) is 1.36. The summed E-state index contributed by atoms with van der Waals surface area (Å²) in [5, 5.41) is 1.18. The van der Waals surface area contributed by atoms with Crippen LogP contribution in [-0.4, -0.2) is 9.97 Å². The van der Waals surface area contributed by atoms with Gasteiger partial charge in [-0.05, 0) is 43.0 Å². The van der Waals surface area contributed by atoms with E-state index in [1.807, 2.05) is 39.8 Å². The summed E-state index contributed by atoms with van der Waals surface area (Å²) in [4.78, 5) is 8.19. The molecule has 1 aromatic heterocycles. The Balaban J connectivity index is 2.43. The molecule has 5 heteroatoms. The predicted octanol–water partition coefficient (Wildman–Crippen LogP) is 5.32. The highest BCUT2D eigenvalue weighted by molar-refractivity contribution is 6.32. The van der Waals surface area contributed by atoms with Crippen molar-refractivity contribution in [2.75, 3.05) is 0 Å². The topological polar surface area (TPSA) is 35.0 Å². The van der Waals surface area contributed by atoms with E-state index in [0.29, 0.717) is 16.8 Å². The van der Waals surface area contributed by atoms with Crippen LogP contribution in [0.5, 0.6) is 11.6 Å². The number of benzene rings is 1. The number of hydrogen-bond donors (Lipinski definition) is 0. The number of aromatic nitrogens is 2. The van der Waals surface area contributed by atoms with Gasteiger partial charge in [-0.2, -0.15) is 0 Å². The van der Waals surface area contributed by atoms with E-state index in [1.54, 1.807) is 0 Å². The zero-order chi connectivity index (χ0) is 14.9. The van der Waals surface area contributed by atoms with Gasteiger partial charge in [-0.15, -0.1) is 0 Å². The van der Waals surface area contributed by atoms with Gasteiger partial charge in [0.1, 0.15) is 17.2 Å². The minimum absolute atomic E-state index is 0.174. The van der Waals surface area contributed by atoms with Crippen LogP contribution in [0.3, 0.4) is 0 Å². The van der Waals surface area contributed by atoms with Crippen molar-refractivity contribution in [3.63, 3.8) is 0 Å². The normalized spacial score (nSPS) is 10.9. The highest BCUT2D eigenvalue weighted by Crippen LogP contribution is 2.34. The van der Waals surface area contributed by atoms with Crippen molar-refractivity contribution in [3.05, 3.63) is 45.3 Å². The van der Waals surface area contributed by atoms with Crippen molar-refractivity contribution in [2.45, 2.75) is 33.6 Å². The van der Waals surface area contributed by atoms with Gasteiger partial charge in [0.15, 0.2) is 0 Å². The van der Waals surface area contributed by atoms with Crippen LogP contribution in [0.4, 0.5) is 0 Å². The van der Waals surface area contributed by atoms with E-state index >= 15 is 0 Å². The maximum absolute atomic E-state index is 6.16. The highest BCUT2D eigenvalue weighted by atomic mass is 35.5. The molecule has 2 aromatic rings. The first kappa shape index (κ1) is 15.1. The van der Waals surface area contributed by atoms with E-state index < -0.39 is 0 Å². The van der Waals surface area contributed by atoms with E-state index in [0.717, 1.165) is 21.7 Å². The summed E-state index contributed by atoms with van der Waals surface area (Å²) >= 11 is 12.3. The third kappa shape index (κ3) is 3.05. The van der Waals surface area contributed by atoms with E-state index in [1.165, 1.54) is 6.33 Å². The van der Waals surface area contributed by atoms with E-state index in [2.05, 4.69) is 9.97 Å². The molecule has 0 fully saturated rings. The molecule has 1 heterocycles. The summed E-state index contributed by atoms with van der Waals surface area (Å²) in [6, 6.07) is 3.77. The first-order chi connectivity index (χ1) is 9.40. The van der Waals surface area contributed by atoms with E-state index in [9.17, 15) is 0 Å². The lowest BCUT2D eigenvalue weighted by Gasteiger charge is -2.14. The van der Waals surface area contributed by atoms with Crippen molar-refractivity contribution in [2.24, 2.45) is 0 Å². The number of halogens is 2. The van der Waals surface area contributed by atoms with Gasteiger partial charge >= 0.3 is 0 Å². The monoisotopic (exact) mass is 310 g/mol. The highest BCUT2D eigenvalue weighted by Gasteiger charge is 2.16. The fourth-order valence-electron chi connectivity index (χ4n) is 2.00. The standard InChI is InChI=1S/C15H16Cl2N2O/c1-8(2)12-14(17)18-7-19-15(12)20-11-5-9(3)13(16)10(4)6-11/h5-8H,1-4H3. The number of aryl methyl sites for hydroxylation is 2. The van der Waals surface area contributed by atoms with E-state index in [-0.39, 0.29) is 5.92 Å². The maximum atomic E-state index is 6.16. The summed E-state index contributed by atoms with van der Waals surface area (Å²) in [5.41, 5.74) is 2.74. The first-order valence-corrected chi connectivity index (χ1v) is 7.10. The molecule has 20 heavy (non-hydrogen) atoms. The Labute approximate surface area is 128 Å². The zero-order valence-corrected chi connectivity index (χ0v) is 13.4. The summed E-state index contributed by atoms with van der Waals surface area (Å²) in [6.07, 6.45) is 1.40. The lowest BCUT2D eigenvalue weighted by molar-refractivity contribution is 0.450. The molecule has 0 radical (unpaired) electrons. The molecule has 3 nitrogen and oxygen atoms in total. The second-order valence-electron chi connectivity index (χ2n) is 5.01. The predicted molar refractivity (Wildman–Crippen MR) is 82.1 cm³/mol. The fraction of sp³-hybridized carbons (Fsp3) is 0.333. The Hall–Kier alpha value is -1.32. The van der Waals surface area contributed by atoms with Crippen molar-refractivity contribution in [1.29, 1.82) is 0 Å². The zero-order valence-electron chi connectivity index (χ0n) is 11.9. The van der Waals surface area contributed by atoms with Crippen LogP contribution in [0.15, 0.2) is 18.5 Å². The van der Waals surface area contributed by atoms with Gasteiger partial charge in [0.05, 0.1) is 5.56 Å². The third-order valence-corrected chi connectivity index (χ3v) is 3.90. The van der Waals surface area contributed by atoms with Crippen molar-refractivity contribution in [1.82, 2.24) is 9.97 Å². The largest absolute Gasteiger partial charge is 0.439 e. The molecular formula is C15H16Cl2N2O. The van der Waals surface area contributed by atoms with Gasteiger partial charge in [0, 0.05) is 5.02 Å². The van der Waals surface area contributed by atoms with Crippen LogP contribution in [0, 0.1) is 13.8 Å². The SMILES string of the molecule is Cc1cc(Oc2ncnc(Cl)c2C(C)C)cc(C)c1Cl. The lowest BCUT2D eigenvalue weighted by Crippen LogP contribution is -2.00. The second kappa shape index (κ2) is 5.98. The molecule has 0 saturated carbocycles. The molecule has 0 amide bonds. The van der Waals surface area contributed by atoms with Crippen molar-refractivity contribution < 1.29 is 4.74 Å². The summed E-state index contributed by atoms with van der Waals surface area (Å²) in [7, 11) is 0. The molecule has 1 aromatic carbocycles. The number of nitrogens with zero attached hydrogens (tertiary/aromatic N) is 2. The van der Waals surface area contributed by atoms with Crippen LogP contribution in [-0.2, 0) is 0 Å². The van der Waals surface area contributed by atoms with Gasteiger partial charge in [-0.25, -0.2) is 9.97 Å². The van der Waals surface area contributed by atoms with E-state index in [4.69, 9.17) is 27.9 Å². The molecule has 0 aliphatic heterocycles. The summed E-state index contributed by atoms with van der Waals surface area (Å²) in [6.45, 7) is 7.93. The Morgan fingerprint density at radius 2 is 1.65 bits per heavy atom. The number of hydrogen-bond acceptors (Lipinski definition) is 3. The summed E-state index contributed by atoms with van der Waals surface area (Å²) < 4.78 is 5.87. The average molecular weight is 311 g/mol. The van der Waals surface area contributed by atoms with Crippen LogP contribution in [0.2, 0.25) is 10.2 Å². The van der Waals surface area contributed by atoms with Crippen LogP contribution in [0.25, 0.3) is 0 Å². The van der Waals surface area contributed by atoms with Gasteiger partial charge < -0.3 is 4.74 Å². The molecule has 0 aliphatic carbocycles. The molecule has 2 rings (SSSR count). The van der Waals surface area contributed by atoms with Gasteiger partial charge in [0.2, 0.25) is 5.88 Å². The molecule has 0 bridgehead atoms. The Morgan fingerprint density at radius 1 is 1.05 bits per heavy atom. The number of rotatable bonds is 3. The van der Waals surface area contributed by atoms with Gasteiger partial charge in [-0.1, -0.05) is 37.0 Å². The van der Waals surface area contributed by atoms with Crippen molar-refractivity contribution >= 4 is 23.2 Å². The average Bonchev–Trinajstić information content (AvgIpc) is 2.35. The van der Waals surface area contributed by atoms with Crippen LogP contribution < -0.4 is 4.74 Å². The molecule has 0 saturated heterocycles. The van der Waals surface area contributed by atoms with Crippen molar-refractivity contribution in [3.8, 4) is 11.6 Å². The molecule has 0 spiro atoms. The fourth-order valence-corrected chi connectivity index (χ4v) is 2.45. The molecule has 0 atom stereocenters. The molecule has 0 unspecified atom stereocenters. The Morgan fingerprint density at radius 3 is 2.20 bits per heavy atom. The maximum Gasteiger partial charge on any atom is 0.227 e. The van der Waals surface area contributed by atoms with Crippen LogP contribution in [0.1, 0.15) is 36.5 Å². The Kier molecular flexibility index (Phi) is 4.51. The lowest BCUT2D eigenvalue weighted by atomic mass is 10.1. The van der Waals surface area contributed by atoms with Gasteiger partial charge in [-0.3, -0.25) is 0 Å². The molecule has 106 valence electrons. The minimum Gasteiger partial charge on any atom is -0.439 e. The second-order valence-corrected chi connectivity index (χ2v) is 5.75. The quantitative estimate of drug-likeness (QED) is 0.720. The first-order valence-electron chi connectivity index (χ1n) is 6.35. The molecule has 0 N–H and O–H groups in total. The minimum atomic E-state index is 0.174. The number of ether oxygens (including phenoxy) is 1. The Bertz CT molecular complexity index is 619. The van der Waals surface area contributed by atoms with Crippen LogP contribution >= 0.6 is 23.2 Å². The van der Waals surface area contributed by atoms with Gasteiger partial charge in [0.25, 0.3) is 0 Å². The molecule has 0 aliphatic rings.